The van der Waals surface area contributed by atoms with Crippen LogP contribution in [0.25, 0.3) is 0 Å². The van der Waals surface area contributed by atoms with Crippen molar-refractivity contribution in [3.05, 3.63) is 65.5 Å². The van der Waals surface area contributed by atoms with Crippen molar-refractivity contribution < 1.29 is 23.9 Å². The van der Waals surface area contributed by atoms with Gasteiger partial charge >= 0.3 is 5.97 Å². The second kappa shape index (κ2) is 7.66. The predicted molar refractivity (Wildman–Crippen MR) is 92.5 cm³/mol. The number of benzene rings is 2. The fourth-order valence-electron chi connectivity index (χ4n) is 3.50. The summed E-state index contributed by atoms with van der Waals surface area (Å²) in [5.74, 6) is -1.14. The van der Waals surface area contributed by atoms with Crippen molar-refractivity contribution >= 4 is 11.9 Å². The van der Waals surface area contributed by atoms with Crippen LogP contribution in [0.1, 0.15) is 48.0 Å². The second-order valence-corrected chi connectivity index (χ2v) is 6.51. The lowest BCUT2D eigenvalue weighted by molar-refractivity contribution is -0.142. The molecule has 0 atom stereocenters. The molecule has 0 aromatic heterocycles. The van der Waals surface area contributed by atoms with Gasteiger partial charge < -0.3 is 4.74 Å². The lowest BCUT2D eigenvalue weighted by Crippen LogP contribution is -2.41. The molecule has 136 valence electrons. The molecule has 1 aliphatic carbocycles. The number of carbonyl (C=O) groups excluding carboxylic acids is 2. The molecule has 26 heavy (non-hydrogen) atoms. The van der Waals surface area contributed by atoms with E-state index in [0.29, 0.717) is 24.2 Å². The zero-order valence-electron chi connectivity index (χ0n) is 14.2. The van der Waals surface area contributed by atoms with Gasteiger partial charge in [0.1, 0.15) is 11.6 Å². The monoisotopic (exact) mass is 357 g/mol. The maximum atomic E-state index is 13.7. The van der Waals surface area contributed by atoms with E-state index in [0.717, 1.165) is 19.3 Å². The van der Waals surface area contributed by atoms with E-state index in [4.69, 9.17) is 9.94 Å². The number of carbonyl (C=O) groups is 2. The van der Waals surface area contributed by atoms with E-state index >= 15 is 0 Å². The van der Waals surface area contributed by atoms with E-state index in [1.54, 1.807) is 17.6 Å². The summed E-state index contributed by atoms with van der Waals surface area (Å²) in [5.41, 5.74) is 1.56. The largest absolute Gasteiger partial charge is 0.426 e. The molecule has 1 aliphatic rings. The first-order valence-corrected chi connectivity index (χ1v) is 8.58. The van der Waals surface area contributed by atoms with Crippen molar-refractivity contribution in [1.29, 1.82) is 0 Å². The van der Waals surface area contributed by atoms with E-state index in [1.165, 1.54) is 36.4 Å². The van der Waals surface area contributed by atoms with E-state index in [2.05, 4.69) is 0 Å². The minimum Gasteiger partial charge on any atom is -0.426 e. The Labute approximate surface area is 150 Å². The first-order chi connectivity index (χ1) is 12.5. The molecule has 0 bridgehead atoms. The molecule has 6 heteroatoms. The average Bonchev–Trinajstić information content (AvgIpc) is 2.68. The van der Waals surface area contributed by atoms with Crippen LogP contribution in [-0.2, 0) is 10.2 Å². The molecule has 0 heterocycles. The van der Waals surface area contributed by atoms with Gasteiger partial charge in [0.2, 0.25) is 0 Å². The highest BCUT2D eigenvalue weighted by Gasteiger charge is 2.43. The summed E-state index contributed by atoms with van der Waals surface area (Å²) in [5, 5.41) is 8.64. The minimum atomic E-state index is -0.860. The SMILES string of the molecule is O=C(NO)c1ccc(OC(=O)C2(c3cccc(F)c3)CCCCC2)cc1. The fraction of sp³-hybridized carbons (Fsp3) is 0.300. The number of halogens is 1. The van der Waals surface area contributed by atoms with Crippen LogP contribution in [0.2, 0.25) is 0 Å². The smallest absolute Gasteiger partial charge is 0.321 e. The Morgan fingerprint density at radius 3 is 2.35 bits per heavy atom. The molecule has 1 fully saturated rings. The number of hydrogen-bond donors (Lipinski definition) is 2. The van der Waals surface area contributed by atoms with Crippen LogP contribution in [0.5, 0.6) is 5.75 Å². The van der Waals surface area contributed by atoms with Gasteiger partial charge in [-0.25, -0.2) is 9.87 Å². The summed E-state index contributed by atoms with van der Waals surface area (Å²) in [4.78, 5) is 24.4. The maximum Gasteiger partial charge on any atom is 0.321 e. The number of nitrogens with one attached hydrogen (secondary N) is 1. The number of hydroxylamine groups is 1. The number of ether oxygens (including phenoxy) is 1. The summed E-state index contributed by atoms with van der Waals surface area (Å²) in [6, 6.07) is 12.0. The van der Waals surface area contributed by atoms with Crippen molar-refractivity contribution in [2.24, 2.45) is 0 Å². The number of esters is 1. The Morgan fingerprint density at radius 2 is 1.73 bits per heavy atom. The molecule has 2 aromatic carbocycles. The topological polar surface area (TPSA) is 75.6 Å². The van der Waals surface area contributed by atoms with Crippen LogP contribution < -0.4 is 10.2 Å². The van der Waals surface area contributed by atoms with E-state index in [-0.39, 0.29) is 11.4 Å². The number of rotatable bonds is 4. The van der Waals surface area contributed by atoms with Crippen LogP contribution in [0.4, 0.5) is 4.39 Å². The van der Waals surface area contributed by atoms with Gasteiger partial charge in [0.05, 0.1) is 5.41 Å². The third-order valence-corrected chi connectivity index (χ3v) is 4.90. The van der Waals surface area contributed by atoms with E-state index < -0.39 is 17.3 Å². The highest BCUT2D eigenvalue weighted by molar-refractivity contribution is 5.93. The molecule has 5 nitrogen and oxygen atoms in total. The van der Waals surface area contributed by atoms with Crippen molar-refractivity contribution in [3.63, 3.8) is 0 Å². The molecule has 0 spiro atoms. The number of hydrogen-bond acceptors (Lipinski definition) is 4. The molecule has 0 saturated heterocycles. The van der Waals surface area contributed by atoms with Crippen molar-refractivity contribution in [1.82, 2.24) is 5.48 Å². The molecular weight excluding hydrogens is 337 g/mol. The van der Waals surface area contributed by atoms with Crippen LogP contribution in [0.3, 0.4) is 0 Å². The summed E-state index contributed by atoms with van der Waals surface area (Å²) in [6.07, 6.45) is 4.01. The average molecular weight is 357 g/mol. The van der Waals surface area contributed by atoms with E-state index in [1.807, 2.05) is 0 Å². The van der Waals surface area contributed by atoms with Crippen molar-refractivity contribution in [3.8, 4) is 5.75 Å². The van der Waals surface area contributed by atoms with Gasteiger partial charge in [-0.05, 0) is 54.8 Å². The zero-order chi connectivity index (χ0) is 18.6. The number of amides is 1. The molecule has 0 unspecified atom stereocenters. The third kappa shape index (κ3) is 3.60. The molecule has 3 rings (SSSR count). The van der Waals surface area contributed by atoms with Gasteiger partial charge in [-0.3, -0.25) is 14.8 Å². The fourth-order valence-corrected chi connectivity index (χ4v) is 3.50. The predicted octanol–water partition coefficient (Wildman–Crippen LogP) is 3.75. The van der Waals surface area contributed by atoms with Crippen LogP contribution >= 0.6 is 0 Å². The van der Waals surface area contributed by atoms with Crippen molar-refractivity contribution in [2.75, 3.05) is 0 Å². The Balaban J connectivity index is 1.85. The summed E-state index contributed by atoms with van der Waals surface area (Å²) >= 11 is 0. The van der Waals surface area contributed by atoms with Crippen LogP contribution in [-0.4, -0.2) is 17.1 Å². The lowest BCUT2D eigenvalue weighted by atomic mass is 9.69. The first-order valence-electron chi connectivity index (χ1n) is 8.58. The second-order valence-electron chi connectivity index (χ2n) is 6.51. The Hall–Kier alpha value is -2.73. The molecular formula is C20H20FNO4. The molecule has 2 N–H and O–H groups in total. The molecule has 0 aliphatic heterocycles. The van der Waals surface area contributed by atoms with Gasteiger partial charge in [0, 0.05) is 5.56 Å². The standard InChI is InChI=1S/C20H20FNO4/c21-16-6-4-5-15(13-16)20(11-2-1-3-12-20)19(24)26-17-9-7-14(8-10-17)18(23)22-25/h4-10,13,25H,1-3,11-12H2,(H,22,23). The van der Waals surface area contributed by atoms with Crippen molar-refractivity contribution in [2.45, 2.75) is 37.5 Å². The maximum absolute atomic E-state index is 13.7. The zero-order valence-corrected chi connectivity index (χ0v) is 14.2. The summed E-state index contributed by atoms with van der Waals surface area (Å²) in [6.45, 7) is 0. The van der Waals surface area contributed by atoms with Gasteiger partial charge in [-0.15, -0.1) is 0 Å². The molecule has 2 aromatic rings. The Morgan fingerprint density at radius 1 is 1.04 bits per heavy atom. The minimum absolute atomic E-state index is 0.241. The van der Waals surface area contributed by atoms with Gasteiger partial charge in [-0.2, -0.15) is 0 Å². The lowest BCUT2D eigenvalue weighted by Gasteiger charge is -2.35. The molecule has 1 amide bonds. The third-order valence-electron chi connectivity index (χ3n) is 4.90. The normalized spacial score (nSPS) is 15.9. The van der Waals surface area contributed by atoms with E-state index in [9.17, 15) is 14.0 Å². The van der Waals surface area contributed by atoms with Crippen LogP contribution in [0.15, 0.2) is 48.5 Å². The quantitative estimate of drug-likeness (QED) is 0.378. The van der Waals surface area contributed by atoms with Gasteiger partial charge in [0.25, 0.3) is 5.91 Å². The van der Waals surface area contributed by atoms with Crippen LogP contribution in [0, 0.1) is 5.82 Å². The Bertz CT molecular complexity index is 798. The first kappa shape index (κ1) is 18.1. The summed E-state index contributed by atoms with van der Waals surface area (Å²) in [7, 11) is 0. The van der Waals surface area contributed by atoms with Gasteiger partial charge in [-0.1, -0.05) is 31.4 Å². The van der Waals surface area contributed by atoms with Gasteiger partial charge in [0.15, 0.2) is 0 Å². The molecule has 1 saturated carbocycles. The summed E-state index contributed by atoms with van der Waals surface area (Å²) < 4.78 is 19.3. The Kier molecular flexibility index (Phi) is 5.32. The highest BCUT2D eigenvalue weighted by Crippen LogP contribution is 2.41. The highest BCUT2D eigenvalue weighted by atomic mass is 19.1. The molecule has 0 radical (unpaired) electrons.